The molecule has 0 amide bonds. The van der Waals surface area contributed by atoms with Gasteiger partial charge in [0.2, 0.25) is 0 Å². The Bertz CT molecular complexity index is 514. The molecule has 4 heteroatoms. The van der Waals surface area contributed by atoms with Crippen molar-refractivity contribution in [1.29, 1.82) is 0 Å². The van der Waals surface area contributed by atoms with E-state index in [1.165, 1.54) is 6.42 Å². The molecule has 0 atom stereocenters. The molecule has 0 saturated heterocycles. The highest BCUT2D eigenvalue weighted by atomic mass is 32.2. The van der Waals surface area contributed by atoms with Crippen LogP contribution in [0.4, 0.5) is 0 Å². The van der Waals surface area contributed by atoms with Crippen LogP contribution >= 0.6 is 0 Å². The number of aryl methyl sites for hydroxylation is 2. The van der Waals surface area contributed by atoms with Gasteiger partial charge < -0.3 is 0 Å². The van der Waals surface area contributed by atoms with Crippen molar-refractivity contribution >= 4 is 10.1 Å². The Balaban J connectivity index is 2.19. The van der Waals surface area contributed by atoms with Gasteiger partial charge in [-0.1, -0.05) is 37.0 Å². The highest BCUT2D eigenvalue weighted by Crippen LogP contribution is 2.26. The Hall–Kier alpha value is -0.870. The Labute approximate surface area is 109 Å². The lowest BCUT2D eigenvalue weighted by Gasteiger charge is -2.21. The summed E-state index contributed by atoms with van der Waals surface area (Å²) in [4.78, 5) is 0.304. The molecular formula is C14H20O3S. The van der Waals surface area contributed by atoms with Gasteiger partial charge in [-0.25, -0.2) is 0 Å². The number of benzene rings is 1. The maximum Gasteiger partial charge on any atom is 0.297 e. The Morgan fingerprint density at radius 1 is 1.11 bits per heavy atom. The summed E-state index contributed by atoms with van der Waals surface area (Å²) in [5.74, 6) is 0. The summed E-state index contributed by atoms with van der Waals surface area (Å²) in [6, 6.07) is 5.32. The monoisotopic (exact) mass is 268 g/mol. The van der Waals surface area contributed by atoms with Gasteiger partial charge >= 0.3 is 0 Å². The fourth-order valence-electron chi connectivity index (χ4n) is 2.47. The minimum Gasteiger partial charge on any atom is -0.263 e. The third-order valence-electron chi connectivity index (χ3n) is 3.41. The van der Waals surface area contributed by atoms with Crippen molar-refractivity contribution in [3.63, 3.8) is 0 Å². The zero-order valence-electron chi connectivity index (χ0n) is 11.0. The van der Waals surface area contributed by atoms with E-state index >= 15 is 0 Å². The molecule has 1 aliphatic rings. The molecule has 1 aromatic rings. The molecular weight excluding hydrogens is 248 g/mol. The molecule has 2 rings (SSSR count). The number of rotatable bonds is 3. The Morgan fingerprint density at radius 3 is 2.39 bits per heavy atom. The van der Waals surface area contributed by atoms with E-state index < -0.39 is 10.1 Å². The molecule has 0 aliphatic heterocycles. The summed E-state index contributed by atoms with van der Waals surface area (Å²) in [5, 5.41) is 0. The molecule has 1 fully saturated rings. The maximum absolute atomic E-state index is 12.2. The fraction of sp³-hybridized carbons (Fsp3) is 0.571. The third kappa shape index (κ3) is 3.12. The number of hydrogen-bond donors (Lipinski definition) is 0. The lowest BCUT2D eigenvalue weighted by Crippen LogP contribution is -2.21. The van der Waals surface area contributed by atoms with Crippen LogP contribution in [0, 0.1) is 13.8 Å². The van der Waals surface area contributed by atoms with Crippen LogP contribution in [0.1, 0.15) is 43.2 Å². The van der Waals surface area contributed by atoms with Crippen LogP contribution in [-0.4, -0.2) is 14.5 Å². The summed E-state index contributed by atoms with van der Waals surface area (Å²) in [6.07, 6.45) is 4.88. The van der Waals surface area contributed by atoms with E-state index in [0.717, 1.165) is 36.8 Å². The summed E-state index contributed by atoms with van der Waals surface area (Å²) >= 11 is 0. The first kappa shape index (κ1) is 13.6. The average molecular weight is 268 g/mol. The maximum atomic E-state index is 12.2. The molecule has 1 aliphatic carbocycles. The van der Waals surface area contributed by atoms with Crippen LogP contribution in [0.25, 0.3) is 0 Å². The van der Waals surface area contributed by atoms with Crippen LogP contribution in [0.2, 0.25) is 0 Å². The summed E-state index contributed by atoms with van der Waals surface area (Å²) in [7, 11) is -3.61. The lowest BCUT2D eigenvalue weighted by atomic mass is 9.98. The molecule has 0 radical (unpaired) electrons. The summed E-state index contributed by atoms with van der Waals surface area (Å²) in [5.41, 5.74) is 1.81. The molecule has 0 N–H and O–H groups in total. The van der Waals surface area contributed by atoms with Gasteiger partial charge in [0.15, 0.2) is 0 Å². The van der Waals surface area contributed by atoms with Crippen LogP contribution in [0.3, 0.4) is 0 Å². The standard InChI is InChI=1S/C14H20O3S/c1-11-8-9-14(12(2)10-11)18(15,16)17-13-6-4-3-5-7-13/h8-10,13H,3-7H2,1-2H3. The normalized spacial score (nSPS) is 17.9. The van der Waals surface area contributed by atoms with Crippen molar-refractivity contribution in [1.82, 2.24) is 0 Å². The van der Waals surface area contributed by atoms with Crippen LogP contribution in [0.15, 0.2) is 23.1 Å². The molecule has 1 aromatic carbocycles. The van der Waals surface area contributed by atoms with Gasteiger partial charge in [0.05, 0.1) is 11.0 Å². The van der Waals surface area contributed by atoms with Gasteiger partial charge in [-0.2, -0.15) is 8.42 Å². The van der Waals surface area contributed by atoms with Crippen molar-refractivity contribution in [3.05, 3.63) is 29.3 Å². The minimum absolute atomic E-state index is 0.135. The first-order valence-corrected chi connectivity index (χ1v) is 7.90. The Kier molecular flexibility index (Phi) is 4.07. The second-order valence-electron chi connectivity index (χ2n) is 5.08. The van der Waals surface area contributed by atoms with E-state index in [4.69, 9.17) is 4.18 Å². The topological polar surface area (TPSA) is 43.4 Å². The van der Waals surface area contributed by atoms with Crippen LogP contribution in [-0.2, 0) is 14.3 Å². The van der Waals surface area contributed by atoms with Crippen molar-refractivity contribution in [2.75, 3.05) is 0 Å². The minimum atomic E-state index is -3.61. The second kappa shape index (κ2) is 5.41. The van der Waals surface area contributed by atoms with Gasteiger partial charge in [-0.05, 0) is 38.3 Å². The van der Waals surface area contributed by atoms with E-state index in [-0.39, 0.29) is 6.10 Å². The van der Waals surface area contributed by atoms with Gasteiger partial charge in [0.25, 0.3) is 10.1 Å². The molecule has 0 spiro atoms. The lowest BCUT2D eigenvalue weighted by molar-refractivity contribution is 0.162. The van der Waals surface area contributed by atoms with Gasteiger partial charge in [0.1, 0.15) is 0 Å². The summed E-state index contributed by atoms with van der Waals surface area (Å²) in [6.45, 7) is 3.76. The molecule has 0 bridgehead atoms. The first-order valence-electron chi connectivity index (χ1n) is 6.49. The predicted octanol–water partition coefficient (Wildman–Crippen LogP) is 3.34. The van der Waals surface area contributed by atoms with E-state index in [1.807, 2.05) is 26.0 Å². The second-order valence-corrected chi connectivity index (χ2v) is 6.62. The van der Waals surface area contributed by atoms with Gasteiger partial charge in [0, 0.05) is 0 Å². The SMILES string of the molecule is Cc1ccc(S(=O)(=O)OC2CCCCC2)c(C)c1. The molecule has 100 valence electrons. The first-order chi connectivity index (χ1) is 8.49. The van der Waals surface area contributed by atoms with Gasteiger partial charge in [-0.3, -0.25) is 4.18 Å². The van der Waals surface area contributed by atoms with Crippen LogP contribution in [0.5, 0.6) is 0 Å². The zero-order chi connectivity index (χ0) is 13.2. The molecule has 1 saturated carbocycles. The van der Waals surface area contributed by atoms with Crippen molar-refractivity contribution in [3.8, 4) is 0 Å². The zero-order valence-corrected chi connectivity index (χ0v) is 11.8. The van der Waals surface area contributed by atoms with Crippen LogP contribution < -0.4 is 0 Å². The van der Waals surface area contributed by atoms with E-state index in [9.17, 15) is 8.42 Å². The van der Waals surface area contributed by atoms with Crippen molar-refractivity contribution < 1.29 is 12.6 Å². The third-order valence-corrected chi connectivity index (χ3v) is 4.94. The number of hydrogen-bond acceptors (Lipinski definition) is 3. The molecule has 0 aromatic heterocycles. The van der Waals surface area contributed by atoms with Crippen molar-refractivity contribution in [2.45, 2.75) is 57.0 Å². The quantitative estimate of drug-likeness (QED) is 0.790. The molecule has 0 heterocycles. The highest BCUT2D eigenvalue weighted by molar-refractivity contribution is 7.86. The fourth-order valence-corrected chi connectivity index (χ4v) is 3.81. The molecule has 3 nitrogen and oxygen atoms in total. The van der Waals surface area contributed by atoms with E-state index in [1.54, 1.807) is 6.07 Å². The Morgan fingerprint density at radius 2 is 1.78 bits per heavy atom. The highest BCUT2D eigenvalue weighted by Gasteiger charge is 2.24. The largest absolute Gasteiger partial charge is 0.297 e. The van der Waals surface area contributed by atoms with Gasteiger partial charge in [-0.15, -0.1) is 0 Å². The summed E-state index contributed by atoms with van der Waals surface area (Å²) < 4.78 is 29.8. The van der Waals surface area contributed by atoms with E-state index in [2.05, 4.69) is 0 Å². The van der Waals surface area contributed by atoms with E-state index in [0.29, 0.717) is 4.90 Å². The predicted molar refractivity (Wildman–Crippen MR) is 71.1 cm³/mol. The van der Waals surface area contributed by atoms with Crippen molar-refractivity contribution in [2.24, 2.45) is 0 Å². The smallest absolute Gasteiger partial charge is 0.263 e. The average Bonchev–Trinajstić information content (AvgIpc) is 2.29. The molecule has 18 heavy (non-hydrogen) atoms. The molecule has 0 unspecified atom stereocenters.